The number of unbranched alkanes of at least 4 members (excludes halogenated alkanes) is 11. The van der Waals surface area contributed by atoms with Crippen molar-refractivity contribution < 1.29 is 9.84 Å². The third kappa shape index (κ3) is 10.4. The molecule has 2 nitrogen and oxygen atoms in total. The topological polar surface area (TPSA) is 29.5 Å². The second-order valence-electron chi connectivity index (χ2n) is 7.42. The van der Waals surface area contributed by atoms with Gasteiger partial charge in [0.1, 0.15) is 12.4 Å². The Morgan fingerprint density at radius 1 is 0.846 bits per heavy atom. The van der Waals surface area contributed by atoms with Crippen LogP contribution >= 0.6 is 11.6 Å². The standard InChI is InChI=1S/C23H39ClO2/c1-3-4-5-6-7-8-9-10-11-12-13-14-15-21-19-22(24)20(2)18-23(21)26-17-16-25/h18-19,25H,3-17H2,1-2H3. The minimum absolute atomic E-state index is 0.0414. The van der Waals surface area contributed by atoms with Crippen molar-refractivity contribution in [1.82, 2.24) is 0 Å². The fourth-order valence-electron chi connectivity index (χ4n) is 3.34. The Kier molecular flexibility index (Phi) is 13.8. The van der Waals surface area contributed by atoms with Crippen molar-refractivity contribution in [2.24, 2.45) is 0 Å². The summed E-state index contributed by atoms with van der Waals surface area (Å²) in [4.78, 5) is 0. The average molecular weight is 383 g/mol. The van der Waals surface area contributed by atoms with Gasteiger partial charge in [0.15, 0.2) is 0 Å². The van der Waals surface area contributed by atoms with Gasteiger partial charge in [-0.05, 0) is 43.0 Å². The van der Waals surface area contributed by atoms with Crippen molar-refractivity contribution in [1.29, 1.82) is 0 Å². The second kappa shape index (κ2) is 15.3. The van der Waals surface area contributed by atoms with Crippen molar-refractivity contribution in [3.63, 3.8) is 0 Å². The summed E-state index contributed by atoms with van der Waals surface area (Å²) in [6.45, 7) is 4.64. The molecular weight excluding hydrogens is 344 g/mol. The van der Waals surface area contributed by atoms with E-state index in [0.29, 0.717) is 6.61 Å². The van der Waals surface area contributed by atoms with Gasteiger partial charge in [-0.2, -0.15) is 0 Å². The van der Waals surface area contributed by atoms with Crippen molar-refractivity contribution in [3.8, 4) is 5.75 Å². The highest BCUT2D eigenvalue weighted by atomic mass is 35.5. The number of ether oxygens (including phenoxy) is 1. The lowest BCUT2D eigenvalue weighted by Gasteiger charge is -2.13. The summed E-state index contributed by atoms with van der Waals surface area (Å²) in [7, 11) is 0. The third-order valence-electron chi connectivity index (χ3n) is 4.99. The van der Waals surface area contributed by atoms with Crippen LogP contribution in [-0.4, -0.2) is 18.3 Å². The SMILES string of the molecule is CCCCCCCCCCCCCCc1cc(Cl)c(C)cc1OCCO. The second-order valence-corrected chi connectivity index (χ2v) is 7.83. The number of aliphatic hydroxyl groups is 1. The highest BCUT2D eigenvalue weighted by Crippen LogP contribution is 2.28. The zero-order valence-corrected chi connectivity index (χ0v) is 17.8. The summed E-state index contributed by atoms with van der Waals surface area (Å²) in [6, 6.07) is 4.02. The van der Waals surface area contributed by atoms with Gasteiger partial charge in [0.25, 0.3) is 0 Å². The molecule has 0 aliphatic heterocycles. The lowest BCUT2D eigenvalue weighted by molar-refractivity contribution is 0.200. The summed E-state index contributed by atoms with van der Waals surface area (Å²) in [6.07, 6.45) is 17.3. The molecule has 0 atom stereocenters. The van der Waals surface area contributed by atoms with E-state index in [1.807, 2.05) is 19.1 Å². The maximum atomic E-state index is 8.98. The Labute approximate surface area is 166 Å². The van der Waals surface area contributed by atoms with E-state index in [4.69, 9.17) is 21.4 Å². The number of hydrogen-bond donors (Lipinski definition) is 1. The molecule has 0 bridgehead atoms. The predicted molar refractivity (Wildman–Crippen MR) is 114 cm³/mol. The smallest absolute Gasteiger partial charge is 0.122 e. The van der Waals surface area contributed by atoms with Crippen LogP contribution in [0.1, 0.15) is 95.1 Å². The van der Waals surface area contributed by atoms with Crippen molar-refractivity contribution in [3.05, 3.63) is 28.3 Å². The van der Waals surface area contributed by atoms with Crippen LogP contribution < -0.4 is 4.74 Å². The number of rotatable bonds is 16. The summed E-state index contributed by atoms with van der Waals surface area (Å²) < 4.78 is 5.67. The van der Waals surface area contributed by atoms with Gasteiger partial charge >= 0.3 is 0 Å². The van der Waals surface area contributed by atoms with E-state index >= 15 is 0 Å². The Hall–Kier alpha value is -0.730. The Bertz CT molecular complexity index is 474. The number of aryl methyl sites for hydroxylation is 2. The highest BCUT2D eigenvalue weighted by molar-refractivity contribution is 6.31. The fraction of sp³-hybridized carbons (Fsp3) is 0.739. The fourth-order valence-corrected chi connectivity index (χ4v) is 3.52. The van der Waals surface area contributed by atoms with Crippen molar-refractivity contribution >= 4 is 11.6 Å². The Morgan fingerprint density at radius 3 is 1.92 bits per heavy atom. The van der Waals surface area contributed by atoms with Crippen molar-refractivity contribution in [2.45, 2.75) is 97.3 Å². The molecule has 1 aromatic rings. The molecule has 150 valence electrons. The molecule has 0 aliphatic carbocycles. The molecule has 0 unspecified atom stereocenters. The van der Waals surface area contributed by atoms with Gasteiger partial charge in [-0.3, -0.25) is 0 Å². The molecule has 0 aliphatic rings. The van der Waals surface area contributed by atoms with Gasteiger partial charge < -0.3 is 9.84 Å². The van der Waals surface area contributed by atoms with Crippen LogP contribution in [-0.2, 0) is 6.42 Å². The average Bonchev–Trinajstić information content (AvgIpc) is 2.64. The minimum atomic E-state index is 0.0414. The van der Waals surface area contributed by atoms with E-state index in [-0.39, 0.29) is 6.61 Å². The molecule has 1 N–H and O–H groups in total. The van der Waals surface area contributed by atoms with Gasteiger partial charge in [0.2, 0.25) is 0 Å². The summed E-state index contributed by atoms with van der Waals surface area (Å²) in [5.74, 6) is 0.879. The Balaban J connectivity index is 2.13. The maximum Gasteiger partial charge on any atom is 0.122 e. The first-order chi connectivity index (χ1) is 12.7. The van der Waals surface area contributed by atoms with E-state index in [2.05, 4.69) is 6.92 Å². The Morgan fingerprint density at radius 2 is 1.38 bits per heavy atom. The van der Waals surface area contributed by atoms with Crippen LogP contribution in [0.4, 0.5) is 0 Å². The maximum absolute atomic E-state index is 8.98. The molecule has 26 heavy (non-hydrogen) atoms. The van der Waals surface area contributed by atoms with Crippen LogP contribution in [0.15, 0.2) is 12.1 Å². The lowest BCUT2D eigenvalue weighted by Crippen LogP contribution is -2.04. The van der Waals surface area contributed by atoms with E-state index in [1.165, 1.54) is 82.6 Å². The van der Waals surface area contributed by atoms with Crippen LogP contribution in [0.2, 0.25) is 5.02 Å². The zero-order chi connectivity index (χ0) is 19.0. The summed E-state index contributed by atoms with van der Waals surface area (Å²) >= 11 is 6.27. The van der Waals surface area contributed by atoms with Crippen molar-refractivity contribution in [2.75, 3.05) is 13.2 Å². The van der Waals surface area contributed by atoms with E-state index in [1.54, 1.807) is 0 Å². The van der Waals surface area contributed by atoms with E-state index < -0.39 is 0 Å². The number of halogens is 1. The molecule has 1 aromatic carbocycles. The van der Waals surface area contributed by atoms with Crippen LogP contribution in [0.25, 0.3) is 0 Å². The third-order valence-corrected chi connectivity index (χ3v) is 5.40. The quantitative estimate of drug-likeness (QED) is 0.305. The van der Waals surface area contributed by atoms with Crippen LogP contribution in [0, 0.1) is 6.92 Å². The first-order valence-corrected chi connectivity index (χ1v) is 11.1. The molecule has 3 heteroatoms. The van der Waals surface area contributed by atoms with Crippen LogP contribution in [0.3, 0.4) is 0 Å². The number of hydrogen-bond acceptors (Lipinski definition) is 2. The molecule has 1 rings (SSSR count). The van der Waals surface area contributed by atoms with Gasteiger partial charge in [0.05, 0.1) is 6.61 Å². The van der Waals surface area contributed by atoms with Crippen LogP contribution in [0.5, 0.6) is 5.75 Å². The van der Waals surface area contributed by atoms with E-state index in [9.17, 15) is 0 Å². The molecule has 0 fully saturated rings. The number of benzene rings is 1. The molecular formula is C23H39ClO2. The highest BCUT2D eigenvalue weighted by Gasteiger charge is 2.08. The molecule has 0 saturated carbocycles. The molecule has 0 aromatic heterocycles. The van der Waals surface area contributed by atoms with Gasteiger partial charge in [-0.25, -0.2) is 0 Å². The summed E-state index contributed by atoms with van der Waals surface area (Å²) in [5.41, 5.74) is 2.19. The molecule has 0 spiro atoms. The summed E-state index contributed by atoms with van der Waals surface area (Å²) in [5, 5.41) is 9.78. The number of aliphatic hydroxyl groups excluding tert-OH is 1. The lowest BCUT2D eigenvalue weighted by atomic mass is 10.0. The zero-order valence-electron chi connectivity index (χ0n) is 17.0. The first kappa shape index (κ1) is 23.3. The van der Waals surface area contributed by atoms with E-state index in [0.717, 1.165) is 22.8 Å². The largest absolute Gasteiger partial charge is 0.491 e. The first-order valence-electron chi connectivity index (χ1n) is 10.7. The monoisotopic (exact) mass is 382 g/mol. The van der Waals surface area contributed by atoms with Gasteiger partial charge in [-0.15, -0.1) is 0 Å². The minimum Gasteiger partial charge on any atom is -0.491 e. The molecule has 0 saturated heterocycles. The normalized spacial score (nSPS) is 11.1. The van der Waals surface area contributed by atoms with Gasteiger partial charge in [-0.1, -0.05) is 89.2 Å². The predicted octanol–water partition coefficient (Wildman–Crippen LogP) is 7.26. The van der Waals surface area contributed by atoms with Gasteiger partial charge in [0, 0.05) is 5.02 Å². The molecule has 0 heterocycles. The molecule has 0 amide bonds. The molecule has 0 radical (unpaired) electrons.